The summed E-state index contributed by atoms with van der Waals surface area (Å²) in [6.45, 7) is 18.8. The molecule has 20 heavy (non-hydrogen) atoms. The Morgan fingerprint density at radius 3 is 1.80 bits per heavy atom. The third-order valence-corrected chi connectivity index (χ3v) is 9.14. The Kier molecular flexibility index (Phi) is 3.85. The lowest BCUT2D eigenvalue weighted by Gasteiger charge is -2.32. The maximum atomic E-state index is 2.53. The fourth-order valence-corrected chi connectivity index (χ4v) is 9.22. The zero-order chi connectivity index (χ0) is 15.2. The van der Waals surface area contributed by atoms with Crippen LogP contribution < -0.4 is 5.19 Å². The summed E-state index contributed by atoms with van der Waals surface area (Å²) in [6.07, 6.45) is 2.44. The molecular weight excluding hydrogens is 256 g/mol. The molecular formula is C19H28Si. The van der Waals surface area contributed by atoms with Crippen LogP contribution in [0.5, 0.6) is 0 Å². The average molecular weight is 285 g/mol. The Balaban J connectivity index is 2.64. The van der Waals surface area contributed by atoms with Crippen molar-refractivity contribution in [2.75, 3.05) is 0 Å². The fourth-order valence-electron chi connectivity index (χ4n) is 4.48. The largest absolute Gasteiger partial charge is 0.109 e. The monoisotopic (exact) mass is 284 g/mol. The quantitative estimate of drug-likeness (QED) is 0.672. The molecule has 0 spiro atoms. The van der Waals surface area contributed by atoms with Gasteiger partial charge in [-0.2, -0.15) is 0 Å². The summed E-state index contributed by atoms with van der Waals surface area (Å²) in [6, 6.07) is 4.71. The molecule has 1 aliphatic rings. The van der Waals surface area contributed by atoms with Crippen molar-refractivity contribution in [1.29, 1.82) is 0 Å². The highest BCUT2D eigenvalue weighted by Gasteiger charge is 2.37. The first-order chi connectivity index (χ1) is 9.16. The molecule has 1 aromatic carbocycles. The number of aryl methyl sites for hydroxylation is 3. The zero-order valence-electron chi connectivity index (χ0n) is 14.3. The predicted octanol–water partition coefficient (Wildman–Crippen LogP) is 4.98. The van der Waals surface area contributed by atoms with Crippen molar-refractivity contribution in [1.82, 2.24) is 0 Å². The summed E-state index contributed by atoms with van der Waals surface area (Å²) in [5, 5.41) is 3.37. The van der Waals surface area contributed by atoms with Gasteiger partial charge in [-0.15, -0.1) is 0 Å². The topological polar surface area (TPSA) is 0 Å². The van der Waals surface area contributed by atoms with E-state index in [1.807, 2.05) is 0 Å². The van der Waals surface area contributed by atoms with Crippen molar-refractivity contribution in [3.8, 4) is 0 Å². The summed E-state index contributed by atoms with van der Waals surface area (Å²) in [5.74, 6) is 0.608. The molecule has 1 heteroatoms. The molecule has 0 saturated heterocycles. The van der Waals surface area contributed by atoms with E-state index in [9.17, 15) is 0 Å². The zero-order valence-corrected chi connectivity index (χ0v) is 15.3. The normalized spacial score (nSPS) is 19.6. The SMILES string of the molecule is CC1=CC(C)C([Si](C)(C)c2c(C)cc(C)cc2C)=C1C. The lowest BCUT2D eigenvalue weighted by molar-refractivity contribution is 0.919. The standard InChI is InChI=1S/C19H28Si/c1-12-9-14(3)18(15(4)10-12)20(7,8)19-16(5)11-13(2)17(19)6/h9-11,16H,1-8H3. The Bertz CT molecular complexity index is 592. The van der Waals surface area contributed by atoms with Crippen molar-refractivity contribution in [2.24, 2.45) is 5.92 Å². The molecule has 0 radical (unpaired) electrons. The minimum Gasteiger partial charge on any atom is -0.0748 e. The Morgan fingerprint density at radius 2 is 1.40 bits per heavy atom. The second-order valence-electron chi connectivity index (χ2n) is 7.08. The van der Waals surface area contributed by atoms with Gasteiger partial charge in [0.15, 0.2) is 0 Å². The van der Waals surface area contributed by atoms with Gasteiger partial charge in [0.05, 0.1) is 0 Å². The number of hydrogen-bond donors (Lipinski definition) is 0. The van der Waals surface area contributed by atoms with Gasteiger partial charge < -0.3 is 0 Å². The van der Waals surface area contributed by atoms with Gasteiger partial charge in [-0.05, 0) is 45.7 Å². The number of allylic oxidation sites excluding steroid dienone is 4. The van der Waals surface area contributed by atoms with Gasteiger partial charge in [-0.25, -0.2) is 0 Å². The third kappa shape index (κ3) is 2.33. The Labute approximate surface area is 125 Å². The molecule has 0 saturated carbocycles. The molecule has 108 valence electrons. The van der Waals surface area contributed by atoms with E-state index in [1.165, 1.54) is 22.3 Å². The summed E-state index contributed by atoms with van der Waals surface area (Å²) in [4.78, 5) is 0. The van der Waals surface area contributed by atoms with Crippen LogP contribution in [0, 0.1) is 26.7 Å². The van der Waals surface area contributed by atoms with Gasteiger partial charge in [0, 0.05) is 0 Å². The van der Waals surface area contributed by atoms with Gasteiger partial charge in [0.2, 0.25) is 0 Å². The second-order valence-corrected chi connectivity index (χ2v) is 11.4. The van der Waals surface area contributed by atoms with Crippen LogP contribution in [0.25, 0.3) is 0 Å². The maximum Gasteiger partial charge on any atom is 0.109 e. The summed E-state index contributed by atoms with van der Waals surface area (Å²) in [7, 11) is -1.60. The van der Waals surface area contributed by atoms with Gasteiger partial charge in [-0.1, -0.05) is 71.3 Å². The van der Waals surface area contributed by atoms with Crippen LogP contribution >= 0.6 is 0 Å². The summed E-state index contributed by atoms with van der Waals surface area (Å²) < 4.78 is 0. The molecule has 2 rings (SSSR count). The molecule has 1 aliphatic carbocycles. The van der Waals surface area contributed by atoms with Crippen molar-refractivity contribution in [2.45, 2.75) is 54.6 Å². The first-order valence-electron chi connectivity index (χ1n) is 7.64. The third-order valence-electron chi connectivity index (χ3n) is 4.93. The highest BCUT2D eigenvalue weighted by Crippen LogP contribution is 2.37. The average Bonchev–Trinajstić information content (AvgIpc) is 2.50. The highest BCUT2D eigenvalue weighted by atomic mass is 28.3. The van der Waals surface area contributed by atoms with Crippen LogP contribution in [-0.4, -0.2) is 8.07 Å². The summed E-state index contributed by atoms with van der Waals surface area (Å²) >= 11 is 0. The van der Waals surface area contributed by atoms with Gasteiger partial charge in [0.25, 0.3) is 0 Å². The smallest absolute Gasteiger partial charge is 0.0748 e. The van der Waals surface area contributed by atoms with Crippen molar-refractivity contribution < 1.29 is 0 Å². The Hall–Kier alpha value is -1.08. The Morgan fingerprint density at radius 1 is 0.900 bits per heavy atom. The van der Waals surface area contributed by atoms with Crippen LogP contribution in [0.3, 0.4) is 0 Å². The molecule has 1 aromatic rings. The molecule has 0 aromatic heterocycles. The lowest BCUT2D eigenvalue weighted by atomic mass is 10.1. The molecule has 0 amide bonds. The molecule has 0 aliphatic heterocycles. The van der Waals surface area contributed by atoms with Crippen LogP contribution in [0.4, 0.5) is 0 Å². The lowest BCUT2D eigenvalue weighted by Crippen LogP contribution is -2.48. The molecule has 0 N–H and O–H groups in total. The second kappa shape index (κ2) is 5.03. The first-order valence-corrected chi connectivity index (χ1v) is 10.6. The highest BCUT2D eigenvalue weighted by molar-refractivity contribution is 6.96. The molecule has 1 unspecified atom stereocenters. The van der Waals surface area contributed by atoms with Crippen LogP contribution in [0.2, 0.25) is 13.1 Å². The number of hydrogen-bond acceptors (Lipinski definition) is 0. The van der Waals surface area contributed by atoms with E-state index in [2.05, 4.69) is 72.8 Å². The van der Waals surface area contributed by atoms with Crippen molar-refractivity contribution in [3.63, 3.8) is 0 Å². The number of rotatable bonds is 2. The van der Waals surface area contributed by atoms with Gasteiger partial charge in [0.1, 0.15) is 8.07 Å². The van der Waals surface area contributed by atoms with E-state index >= 15 is 0 Å². The van der Waals surface area contributed by atoms with E-state index < -0.39 is 8.07 Å². The predicted molar refractivity (Wildman–Crippen MR) is 93.4 cm³/mol. The number of benzene rings is 1. The minimum atomic E-state index is -1.60. The molecule has 0 bridgehead atoms. The van der Waals surface area contributed by atoms with Crippen LogP contribution in [0.15, 0.2) is 34.6 Å². The summed E-state index contributed by atoms with van der Waals surface area (Å²) in [5.41, 5.74) is 7.38. The maximum absolute atomic E-state index is 2.53. The van der Waals surface area contributed by atoms with E-state index in [4.69, 9.17) is 0 Å². The van der Waals surface area contributed by atoms with Crippen molar-refractivity contribution in [3.05, 3.63) is 51.2 Å². The van der Waals surface area contributed by atoms with E-state index in [0.29, 0.717) is 5.92 Å². The van der Waals surface area contributed by atoms with E-state index in [0.717, 1.165) is 0 Å². The van der Waals surface area contributed by atoms with Crippen molar-refractivity contribution >= 4 is 13.3 Å². The van der Waals surface area contributed by atoms with Gasteiger partial charge >= 0.3 is 0 Å². The fraction of sp³-hybridized carbons (Fsp3) is 0.474. The van der Waals surface area contributed by atoms with Crippen LogP contribution in [-0.2, 0) is 0 Å². The molecule has 0 heterocycles. The van der Waals surface area contributed by atoms with Crippen LogP contribution in [0.1, 0.15) is 37.5 Å². The molecule has 1 atom stereocenters. The van der Waals surface area contributed by atoms with Gasteiger partial charge in [-0.3, -0.25) is 0 Å². The minimum absolute atomic E-state index is 0.608. The molecule has 0 nitrogen and oxygen atoms in total. The molecule has 0 fully saturated rings. The van der Waals surface area contributed by atoms with E-state index in [-0.39, 0.29) is 0 Å². The van der Waals surface area contributed by atoms with E-state index in [1.54, 1.807) is 16.0 Å². The first kappa shape index (κ1) is 15.3.